The molecule has 0 aliphatic heterocycles. The lowest BCUT2D eigenvalue weighted by Crippen LogP contribution is -2.09. The first-order chi connectivity index (χ1) is 11.7. The Morgan fingerprint density at radius 2 is 1.58 bits per heavy atom. The molecule has 0 N–H and O–H groups in total. The molecule has 5 rings (SSSR count). The zero-order valence-electron chi connectivity index (χ0n) is 12.9. The molecule has 116 valence electrons. The number of halogens is 2. The minimum atomic E-state index is 1.09. The first-order valence-electron chi connectivity index (χ1n) is 8.15. The van der Waals surface area contributed by atoms with Gasteiger partial charge in [-0.3, -0.25) is 0 Å². The molecule has 24 heavy (non-hydrogen) atoms. The van der Waals surface area contributed by atoms with E-state index < -0.39 is 0 Å². The van der Waals surface area contributed by atoms with Crippen LogP contribution in [-0.4, -0.2) is 0 Å². The van der Waals surface area contributed by atoms with Gasteiger partial charge in [0.1, 0.15) is 0 Å². The van der Waals surface area contributed by atoms with Crippen LogP contribution in [0.15, 0.2) is 63.5 Å². The summed E-state index contributed by atoms with van der Waals surface area (Å²) in [7, 11) is 0. The molecule has 4 aromatic rings. The van der Waals surface area contributed by atoms with Crippen LogP contribution in [0.1, 0.15) is 12.0 Å². The first-order valence-corrected chi connectivity index (χ1v) is 9.73. The smallest absolute Gasteiger partial charge is 0.0265 e. The van der Waals surface area contributed by atoms with E-state index in [0.29, 0.717) is 0 Å². The normalized spacial score (nSPS) is 13.4. The summed E-state index contributed by atoms with van der Waals surface area (Å²) in [5.74, 6) is 0. The van der Waals surface area contributed by atoms with E-state index in [2.05, 4.69) is 92.5 Å². The van der Waals surface area contributed by atoms with Gasteiger partial charge < -0.3 is 0 Å². The standard InChI is InChI=1S/C22H14Br2/c23-16-8-11-18(20(24)12-16)17-9-6-15-5-4-13-2-1-3-14-7-10-19(17)22(15)21(13)14/h2,4-12H,1,3H2. The van der Waals surface area contributed by atoms with E-state index in [1.807, 2.05) is 0 Å². The van der Waals surface area contributed by atoms with Crippen LogP contribution in [0.25, 0.3) is 38.7 Å². The highest BCUT2D eigenvalue weighted by molar-refractivity contribution is 9.11. The summed E-state index contributed by atoms with van der Waals surface area (Å²) in [6.45, 7) is 0. The van der Waals surface area contributed by atoms with Crippen LogP contribution < -0.4 is 5.22 Å². The fraction of sp³-hybridized carbons (Fsp3) is 0.0909. The fourth-order valence-electron chi connectivity index (χ4n) is 3.95. The molecule has 0 saturated carbocycles. The number of benzene rings is 4. The quantitative estimate of drug-likeness (QED) is 0.313. The molecule has 0 aromatic heterocycles. The highest BCUT2D eigenvalue weighted by Gasteiger charge is 2.15. The molecule has 1 aliphatic carbocycles. The summed E-state index contributed by atoms with van der Waals surface area (Å²) in [4.78, 5) is 0. The molecule has 2 heteroatoms. The Morgan fingerprint density at radius 3 is 2.46 bits per heavy atom. The summed E-state index contributed by atoms with van der Waals surface area (Å²) in [5, 5.41) is 6.92. The van der Waals surface area contributed by atoms with E-state index >= 15 is 0 Å². The van der Waals surface area contributed by atoms with Crippen molar-refractivity contribution >= 4 is 59.5 Å². The summed E-state index contributed by atoms with van der Waals surface area (Å²) in [6.07, 6.45) is 4.67. The van der Waals surface area contributed by atoms with Crippen LogP contribution in [0.2, 0.25) is 0 Å². The zero-order valence-corrected chi connectivity index (χ0v) is 16.1. The van der Waals surface area contributed by atoms with Gasteiger partial charge in [-0.25, -0.2) is 0 Å². The van der Waals surface area contributed by atoms with Crippen molar-refractivity contribution in [2.45, 2.75) is 12.8 Å². The second-order valence-corrected chi connectivity index (χ2v) is 8.15. The third kappa shape index (κ3) is 2.09. The van der Waals surface area contributed by atoms with E-state index in [4.69, 9.17) is 0 Å². The summed E-state index contributed by atoms with van der Waals surface area (Å²) in [5.41, 5.74) is 4.01. The SMILES string of the molecule is Brc1ccc(-c2ccc3ccc4c5c(ccc2c35)CCC=4)c(Br)c1. The van der Waals surface area contributed by atoms with Gasteiger partial charge in [-0.05, 0) is 68.4 Å². The van der Waals surface area contributed by atoms with E-state index in [-0.39, 0.29) is 0 Å². The lowest BCUT2D eigenvalue weighted by Gasteiger charge is -2.17. The fourth-order valence-corrected chi connectivity index (χ4v) is 5.21. The second kappa shape index (κ2) is 5.44. The van der Waals surface area contributed by atoms with Crippen molar-refractivity contribution in [1.82, 2.24) is 0 Å². The molecular weight excluding hydrogens is 424 g/mol. The van der Waals surface area contributed by atoms with Crippen LogP contribution in [-0.2, 0) is 6.42 Å². The topological polar surface area (TPSA) is 0 Å². The van der Waals surface area contributed by atoms with Crippen molar-refractivity contribution in [2.24, 2.45) is 0 Å². The largest absolute Gasteiger partial charge is 0.0763 e. The van der Waals surface area contributed by atoms with Crippen molar-refractivity contribution in [3.8, 4) is 11.1 Å². The molecular formula is C22H14Br2. The molecule has 0 heterocycles. The zero-order chi connectivity index (χ0) is 16.3. The first kappa shape index (κ1) is 14.7. The van der Waals surface area contributed by atoms with Gasteiger partial charge in [-0.1, -0.05) is 80.4 Å². The lowest BCUT2D eigenvalue weighted by atomic mass is 9.87. The van der Waals surface area contributed by atoms with Crippen LogP contribution in [0.3, 0.4) is 0 Å². The van der Waals surface area contributed by atoms with Crippen molar-refractivity contribution in [3.63, 3.8) is 0 Å². The average molecular weight is 438 g/mol. The second-order valence-electron chi connectivity index (χ2n) is 6.38. The van der Waals surface area contributed by atoms with E-state index in [0.717, 1.165) is 21.8 Å². The average Bonchev–Trinajstić information content (AvgIpc) is 2.60. The summed E-state index contributed by atoms with van der Waals surface area (Å²) < 4.78 is 2.21. The maximum absolute atomic E-state index is 3.73. The molecule has 4 aromatic carbocycles. The number of hydrogen-bond donors (Lipinski definition) is 0. The van der Waals surface area contributed by atoms with Crippen molar-refractivity contribution in [2.75, 3.05) is 0 Å². The maximum Gasteiger partial charge on any atom is 0.0265 e. The third-order valence-corrected chi connectivity index (χ3v) is 6.18. The number of aryl methyl sites for hydroxylation is 1. The molecule has 1 aliphatic rings. The van der Waals surface area contributed by atoms with Gasteiger partial charge in [0.25, 0.3) is 0 Å². The van der Waals surface area contributed by atoms with Crippen LogP contribution >= 0.6 is 31.9 Å². The Labute approximate surface area is 157 Å². The summed E-state index contributed by atoms with van der Waals surface area (Å²) in [6, 6.07) is 20.1. The Kier molecular flexibility index (Phi) is 3.33. The van der Waals surface area contributed by atoms with Gasteiger partial charge >= 0.3 is 0 Å². The van der Waals surface area contributed by atoms with Crippen LogP contribution in [0.4, 0.5) is 0 Å². The number of rotatable bonds is 1. The van der Waals surface area contributed by atoms with E-state index in [1.54, 1.807) is 0 Å². The molecule has 0 unspecified atom stereocenters. The van der Waals surface area contributed by atoms with Gasteiger partial charge in [0, 0.05) is 8.95 Å². The Balaban J connectivity index is 1.95. The molecule has 0 fully saturated rings. The van der Waals surface area contributed by atoms with E-state index in [9.17, 15) is 0 Å². The number of hydrogen-bond acceptors (Lipinski definition) is 0. The van der Waals surface area contributed by atoms with E-state index in [1.165, 1.54) is 43.5 Å². The molecule has 0 amide bonds. The Bertz CT molecular complexity index is 1170. The molecule has 0 radical (unpaired) electrons. The van der Waals surface area contributed by atoms with Gasteiger partial charge in [0.2, 0.25) is 0 Å². The highest BCUT2D eigenvalue weighted by Crippen LogP contribution is 2.39. The predicted octanol–water partition coefficient (Wildman–Crippen LogP) is 6.63. The Morgan fingerprint density at radius 1 is 0.750 bits per heavy atom. The molecule has 0 saturated heterocycles. The lowest BCUT2D eigenvalue weighted by molar-refractivity contribution is 1.04. The monoisotopic (exact) mass is 436 g/mol. The van der Waals surface area contributed by atoms with Crippen molar-refractivity contribution in [3.05, 3.63) is 74.3 Å². The predicted molar refractivity (Wildman–Crippen MR) is 110 cm³/mol. The minimum Gasteiger partial charge on any atom is -0.0763 e. The Hall–Kier alpha value is -1.64. The van der Waals surface area contributed by atoms with Crippen molar-refractivity contribution in [1.29, 1.82) is 0 Å². The molecule has 0 spiro atoms. The third-order valence-electron chi connectivity index (χ3n) is 5.03. The van der Waals surface area contributed by atoms with Crippen LogP contribution in [0.5, 0.6) is 0 Å². The molecule has 0 nitrogen and oxygen atoms in total. The molecule has 0 bridgehead atoms. The molecule has 0 atom stereocenters. The highest BCUT2D eigenvalue weighted by atomic mass is 79.9. The van der Waals surface area contributed by atoms with Gasteiger partial charge in [-0.15, -0.1) is 0 Å². The van der Waals surface area contributed by atoms with Crippen molar-refractivity contribution < 1.29 is 0 Å². The van der Waals surface area contributed by atoms with Crippen LogP contribution in [0, 0.1) is 0 Å². The van der Waals surface area contributed by atoms with Gasteiger partial charge in [-0.2, -0.15) is 0 Å². The van der Waals surface area contributed by atoms with Gasteiger partial charge in [0.15, 0.2) is 0 Å². The maximum atomic E-state index is 3.73. The minimum absolute atomic E-state index is 1.09. The summed E-state index contributed by atoms with van der Waals surface area (Å²) >= 11 is 7.28. The van der Waals surface area contributed by atoms with Gasteiger partial charge in [0.05, 0.1) is 0 Å².